The zero-order chi connectivity index (χ0) is 13.7. The Kier molecular flexibility index (Phi) is 5.66. The van der Waals surface area contributed by atoms with Crippen LogP contribution in [-0.4, -0.2) is 34.3 Å². The Morgan fingerprint density at radius 2 is 2.00 bits per heavy atom. The number of alkyl halides is 1. The number of hydrogen-bond donors (Lipinski definition) is 0. The summed E-state index contributed by atoms with van der Waals surface area (Å²) in [7, 11) is 0. The number of oxazole rings is 1. The highest BCUT2D eigenvalue weighted by Crippen LogP contribution is 2.17. The number of rotatable bonds is 6. The van der Waals surface area contributed by atoms with Crippen LogP contribution in [0.2, 0.25) is 0 Å². The van der Waals surface area contributed by atoms with Crippen LogP contribution in [0, 0.1) is 13.8 Å². The van der Waals surface area contributed by atoms with Gasteiger partial charge in [-0.15, -0.1) is 11.6 Å². The second kappa shape index (κ2) is 6.78. The van der Waals surface area contributed by atoms with Crippen molar-refractivity contribution in [2.24, 2.45) is 0 Å². The maximum atomic E-state index is 12.5. The Labute approximate surface area is 113 Å². The molecule has 0 aliphatic rings. The zero-order valence-electron chi connectivity index (χ0n) is 11.5. The van der Waals surface area contributed by atoms with Crippen molar-refractivity contribution in [3.63, 3.8) is 0 Å². The Morgan fingerprint density at radius 3 is 2.39 bits per heavy atom. The number of carbonyl (C=O) groups excluding carboxylic acids is 1. The van der Waals surface area contributed by atoms with Gasteiger partial charge >= 0.3 is 0 Å². The summed E-state index contributed by atoms with van der Waals surface area (Å²) in [6.07, 6.45) is 1.82. The van der Waals surface area contributed by atoms with Crippen molar-refractivity contribution in [1.29, 1.82) is 0 Å². The maximum Gasteiger partial charge on any atom is 0.291 e. The van der Waals surface area contributed by atoms with Gasteiger partial charge in [0, 0.05) is 25.4 Å². The van der Waals surface area contributed by atoms with Crippen molar-refractivity contribution < 1.29 is 9.21 Å². The number of hydrogen-bond acceptors (Lipinski definition) is 3. The van der Waals surface area contributed by atoms with Gasteiger partial charge < -0.3 is 9.32 Å². The summed E-state index contributed by atoms with van der Waals surface area (Å²) in [4.78, 5) is 18.4. The lowest BCUT2D eigenvalue weighted by atomic mass is 10.1. The Bertz CT molecular complexity index is 400. The van der Waals surface area contributed by atoms with Crippen LogP contribution in [0.5, 0.6) is 0 Å². The predicted molar refractivity (Wildman–Crippen MR) is 72.1 cm³/mol. The van der Waals surface area contributed by atoms with Crippen LogP contribution in [0.4, 0.5) is 0 Å². The quantitative estimate of drug-likeness (QED) is 0.748. The molecule has 0 aromatic carbocycles. The minimum atomic E-state index is -0.109. The first-order valence-corrected chi connectivity index (χ1v) is 6.89. The molecule has 0 aliphatic heterocycles. The number of aromatic nitrogens is 1. The molecule has 0 aliphatic carbocycles. The van der Waals surface area contributed by atoms with E-state index in [9.17, 15) is 4.79 Å². The molecule has 0 saturated heterocycles. The summed E-state index contributed by atoms with van der Waals surface area (Å²) in [6.45, 7) is 8.20. The van der Waals surface area contributed by atoms with Gasteiger partial charge in [-0.25, -0.2) is 4.98 Å². The van der Waals surface area contributed by atoms with Crippen molar-refractivity contribution in [3.8, 4) is 0 Å². The highest BCUT2D eigenvalue weighted by molar-refractivity contribution is 6.18. The third-order valence-electron chi connectivity index (χ3n) is 3.07. The average molecular weight is 273 g/mol. The summed E-state index contributed by atoms with van der Waals surface area (Å²) < 4.78 is 5.40. The fraction of sp³-hybridized carbons (Fsp3) is 0.692. The molecule has 1 heterocycles. The molecule has 0 saturated carbocycles. The molecule has 0 N–H and O–H groups in total. The van der Waals surface area contributed by atoms with Gasteiger partial charge in [-0.1, -0.05) is 13.8 Å². The molecule has 18 heavy (non-hydrogen) atoms. The van der Waals surface area contributed by atoms with Gasteiger partial charge in [0.25, 0.3) is 5.91 Å². The van der Waals surface area contributed by atoms with Crippen LogP contribution < -0.4 is 0 Å². The van der Waals surface area contributed by atoms with Crippen molar-refractivity contribution in [2.45, 2.75) is 46.6 Å². The molecule has 1 amide bonds. The van der Waals surface area contributed by atoms with Crippen LogP contribution in [0.1, 0.15) is 48.8 Å². The Balaban J connectivity index is 2.98. The largest absolute Gasteiger partial charge is 0.436 e. The first-order valence-electron chi connectivity index (χ1n) is 6.36. The minimum Gasteiger partial charge on any atom is -0.436 e. The van der Waals surface area contributed by atoms with E-state index < -0.39 is 0 Å². The van der Waals surface area contributed by atoms with Gasteiger partial charge in [0.05, 0.1) is 5.69 Å². The molecule has 1 aromatic heterocycles. The topological polar surface area (TPSA) is 46.3 Å². The van der Waals surface area contributed by atoms with Crippen molar-refractivity contribution in [2.75, 3.05) is 12.4 Å². The Hall–Kier alpha value is -1.03. The number of aryl methyl sites for hydroxylation is 2. The molecular formula is C13H21ClN2O2. The number of carbonyl (C=O) groups is 1. The lowest BCUT2D eigenvalue weighted by Gasteiger charge is -2.29. The van der Waals surface area contributed by atoms with Crippen molar-refractivity contribution in [1.82, 2.24) is 9.88 Å². The molecule has 0 atom stereocenters. The molecule has 0 radical (unpaired) electrons. The molecule has 4 nitrogen and oxygen atoms in total. The lowest BCUT2D eigenvalue weighted by Crippen LogP contribution is -2.41. The standard InChI is InChI=1S/C13H21ClN2O2/c1-5-11(6-2)16(8-7-14)13(17)12-9(3)15-10(4)18-12/h11H,5-8H2,1-4H3. The average Bonchev–Trinajstić information content (AvgIpc) is 2.68. The van der Waals surface area contributed by atoms with Gasteiger partial charge in [0.1, 0.15) is 0 Å². The molecule has 0 bridgehead atoms. The second-order valence-corrected chi connectivity index (χ2v) is 4.68. The molecule has 0 fully saturated rings. The van der Waals surface area contributed by atoms with E-state index in [0.717, 1.165) is 12.8 Å². The fourth-order valence-corrected chi connectivity index (χ4v) is 2.31. The SMILES string of the molecule is CCC(CC)N(CCCl)C(=O)c1oc(C)nc1C. The normalized spacial score (nSPS) is 11.0. The van der Waals surface area contributed by atoms with Crippen LogP contribution in [0.3, 0.4) is 0 Å². The maximum absolute atomic E-state index is 12.5. The minimum absolute atomic E-state index is 0.109. The molecule has 0 spiro atoms. The van der Waals surface area contributed by atoms with Gasteiger partial charge in [-0.3, -0.25) is 4.79 Å². The smallest absolute Gasteiger partial charge is 0.291 e. The van der Waals surface area contributed by atoms with Crippen LogP contribution in [-0.2, 0) is 0 Å². The molecule has 0 unspecified atom stereocenters. The second-order valence-electron chi connectivity index (χ2n) is 4.31. The number of nitrogens with zero attached hydrogens (tertiary/aromatic N) is 2. The molecule has 102 valence electrons. The van der Waals surface area contributed by atoms with Gasteiger partial charge in [-0.2, -0.15) is 0 Å². The van der Waals surface area contributed by atoms with Gasteiger partial charge in [0.2, 0.25) is 5.76 Å². The third kappa shape index (κ3) is 3.25. The molecule has 1 rings (SSSR count). The van der Waals surface area contributed by atoms with Crippen molar-refractivity contribution >= 4 is 17.5 Å². The van der Waals surface area contributed by atoms with E-state index in [1.165, 1.54) is 0 Å². The highest BCUT2D eigenvalue weighted by Gasteiger charge is 2.26. The monoisotopic (exact) mass is 272 g/mol. The van der Waals surface area contributed by atoms with E-state index >= 15 is 0 Å². The number of halogens is 1. The summed E-state index contributed by atoms with van der Waals surface area (Å²) >= 11 is 5.79. The van der Waals surface area contributed by atoms with E-state index in [1.807, 2.05) is 0 Å². The van der Waals surface area contributed by atoms with E-state index in [2.05, 4.69) is 18.8 Å². The van der Waals surface area contributed by atoms with Crippen LogP contribution >= 0.6 is 11.6 Å². The first-order chi connectivity index (χ1) is 8.54. The predicted octanol–water partition coefficient (Wildman–Crippen LogP) is 3.16. The van der Waals surface area contributed by atoms with E-state index in [-0.39, 0.29) is 11.9 Å². The highest BCUT2D eigenvalue weighted by atomic mass is 35.5. The molecular weight excluding hydrogens is 252 g/mol. The van der Waals surface area contributed by atoms with E-state index in [4.69, 9.17) is 16.0 Å². The third-order valence-corrected chi connectivity index (χ3v) is 3.24. The van der Waals surface area contributed by atoms with Crippen molar-refractivity contribution in [3.05, 3.63) is 17.3 Å². The molecule has 1 aromatic rings. The molecule has 5 heteroatoms. The first kappa shape index (κ1) is 15.0. The summed E-state index contributed by atoms with van der Waals surface area (Å²) in [5, 5.41) is 0. The van der Waals surface area contributed by atoms with Crippen LogP contribution in [0.15, 0.2) is 4.42 Å². The zero-order valence-corrected chi connectivity index (χ0v) is 12.3. The van der Waals surface area contributed by atoms with Crippen LogP contribution in [0.25, 0.3) is 0 Å². The van der Waals surface area contributed by atoms with Gasteiger partial charge in [-0.05, 0) is 19.8 Å². The summed E-state index contributed by atoms with van der Waals surface area (Å²) in [5.41, 5.74) is 0.642. The summed E-state index contributed by atoms with van der Waals surface area (Å²) in [6, 6.07) is 0.195. The van der Waals surface area contributed by atoms with Gasteiger partial charge in [0.15, 0.2) is 5.89 Å². The Morgan fingerprint density at radius 1 is 1.39 bits per heavy atom. The van der Waals surface area contributed by atoms with E-state index in [1.54, 1.807) is 18.7 Å². The lowest BCUT2D eigenvalue weighted by molar-refractivity contribution is 0.0646. The number of amides is 1. The summed E-state index contributed by atoms with van der Waals surface area (Å²) in [5.74, 6) is 1.17. The fourth-order valence-electron chi connectivity index (χ4n) is 2.13. The van der Waals surface area contributed by atoms with E-state index in [0.29, 0.717) is 29.8 Å².